The molecule has 2 amide bonds. The SMILES string of the molecule is CSCC[C@H](NC(=O)c1ccccc1)C(=O)Nc1cnc2ccccc2c1. The van der Waals surface area contributed by atoms with Crippen LogP contribution < -0.4 is 10.6 Å². The minimum atomic E-state index is -0.614. The molecule has 1 aromatic heterocycles. The van der Waals surface area contributed by atoms with Gasteiger partial charge in [0.1, 0.15) is 6.04 Å². The van der Waals surface area contributed by atoms with E-state index in [0.717, 1.165) is 16.7 Å². The second-order valence-electron chi connectivity index (χ2n) is 6.08. The van der Waals surface area contributed by atoms with Crippen LogP contribution in [0.15, 0.2) is 66.9 Å². The molecule has 2 aromatic carbocycles. The molecule has 0 saturated carbocycles. The van der Waals surface area contributed by atoms with Gasteiger partial charge in [-0.05, 0) is 42.7 Å². The third kappa shape index (κ3) is 5.08. The number of pyridine rings is 1. The Kier molecular flexibility index (Phi) is 6.44. The molecular weight excluding hydrogens is 358 g/mol. The monoisotopic (exact) mass is 379 g/mol. The van der Waals surface area contributed by atoms with E-state index in [4.69, 9.17) is 0 Å². The first kappa shape index (κ1) is 18.9. The lowest BCUT2D eigenvalue weighted by Gasteiger charge is -2.18. The lowest BCUT2D eigenvalue weighted by molar-refractivity contribution is -0.118. The van der Waals surface area contributed by atoms with Crippen molar-refractivity contribution in [3.8, 4) is 0 Å². The summed E-state index contributed by atoms with van der Waals surface area (Å²) in [6, 6.07) is 17.9. The van der Waals surface area contributed by atoms with Crippen LogP contribution in [0.3, 0.4) is 0 Å². The van der Waals surface area contributed by atoms with Crippen molar-refractivity contribution >= 4 is 40.2 Å². The number of para-hydroxylation sites is 1. The van der Waals surface area contributed by atoms with Crippen molar-refractivity contribution in [3.05, 3.63) is 72.4 Å². The number of carbonyl (C=O) groups is 2. The summed E-state index contributed by atoms with van der Waals surface area (Å²) in [6.07, 6.45) is 4.15. The van der Waals surface area contributed by atoms with Gasteiger partial charge in [0.25, 0.3) is 5.91 Å². The van der Waals surface area contributed by atoms with Gasteiger partial charge in [0.15, 0.2) is 0 Å². The summed E-state index contributed by atoms with van der Waals surface area (Å²) < 4.78 is 0. The highest BCUT2D eigenvalue weighted by Gasteiger charge is 2.21. The largest absolute Gasteiger partial charge is 0.340 e. The summed E-state index contributed by atoms with van der Waals surface area (Å²) in [7, 11) is 0. The number of hydrogen-bond acceptors (Lipinski definition) is 4. The smallest absolute Gasteiger partial charge is 0.251 e. The third-order valence-electron chi connectivity index (χ3n) is 4.13. The van der Waals surface area contributed by atoms with Gasteiger partial charge >= 0.3 is 0 Å². The maximum Gasteiger partial charge on any atom is 0.251 e. The van der Waals surface area contributed by atoms with Gasteiger partial charge in [-0.15, -0.1) is 0 Å². The summed E-state index contributed by atoms with van der Waals surface area (Å²) in [5.74, 6) is 0.266. The van der Waals surface area contributed by atoms with Gasteiger partial charge in [0.05, 0.1) is 17.4 Å². The summed E-state index contributed by atoms with van der Waals surface area (Å²) in [5.41, 5.74) is 2.01. The molecule has 5 nitrogen and oxygen atoms in total. The van der Waals surface area contributed by atoms with Crippen LogP contribution in [0.5, 0.6) is 0 Å². The number of aromatic nitrogens is 1. The average Bonchev–Trinajstić information content (AvgIpc) is 2.71. The Hall–Kier alpha value is -2.86. The molecule has 0 spiro atoms. The number of fused-ring (bicyclic) bond motifs is 1. The Balaban J connectivity index is 1.72. The molecule has 3 rings (SSSR count). The third-order valence-corrected chi connectivity index (χ3v) is 4.77. The van der Waals surface area contributed by atoms with E-state index in [0.29, 0.717) is 17.7 Å². The zero-order valence-electron chi connectivity index (χ0n) is 15.0. The molecule has 0 unspecified atom stereocenters. The molecule has 0 aliphatic carbocycles. The van der Waals surface area contributed by atoms with E-state index in [1.54, 1.807) is 42.2 Å². The molecule has 2 N–H and O–H groups in total. The van der Waals surface area contributed by atoms with Crippen molar-refractivity contribution in [2.24, 2.45) is 0 Å². The number of carbonyl (C=O) groups excluding carboxylic acids is 2. The molecule has 1 heterocycles. The molecule has 0 aliphatic heterocycles. The predicted molar refractivity (Wildman–Crippen MR) is 111 cm³/mol. The number of nitrogens with zero attached hydrogens (tertiary/aromatic N) is 1. The zero-order chi connectivity index (χ0) is 19.1. The van der Waals surface area contributed by atoms with Gasteiger partial charge in [0.2, 0.25) is 5.91 Å². The molecule has 1 atom stereocenters. The zero-order valence-corrected chi connectivity index (χ0v) is 15.8. The first-order chi connectivity index (χ1) is 13.2. The first-order valence-electron chi connectivity index (χ1n) is 8.68. The van der Waals surface area contributed by atoms with Crippen LogP contribution in [0.4, 0.5) is 5.69 Å². The summed E-state index contributed by atoms with van der Waals surface area (Å²) in [5, 5.41) is 6.66. The van der Waals surface area contributed by atoms with Gasteiger partial charge < -0.3 is 10.6 Å². The fourth-order valence-electron chi connectivity index (χ4n) is 2.70. The topological polar surface area (TPSA) is 71.1 Å². The van der Waals surface area contributed by atoms with Crippen molar-refractivity contribution in [1.82, 2.24) is 10.3 Å². The maximum absolute atomic E-state index is 12.8. The minimum Gasteiger partial charge on any atom is -0.340 e. The molecule has 0 bridgehead atoms. The van der Waals surface area contributed by atoms with Crippen molar-refractivity contribution < 1.29 is 9.59 Å². The lowest BCUT2D eigenvalue weighted by Crippen LogP contribution is -2.44. The van der Waals surface area contributed by atoms with Gasteiger partial charge in [-0.1, -0.05) is 36.4 Å². The van der Waals surface area contributed by atoms with Gasteiger partial charge in [-0.2, -0.15) is 11.8 Å². The Morgan fingerprint density at radius 2 is 1.81 bits per heavy atom. The number of anilines is 1. The second kappa shape index (κ2) is 9.19. The van der Waals surface area contributed by atoms with E-state index in [2.05, 4.69) is 15.6 Å². The van der Waals surface area contributed by atoms with E-state index in [9.17, 15) is 9.59 Å². The van der Waals surface area contributed by atoms with Crippen molar-refractivity contribution in [2.45, 2.75) is 12.5 Å². The predicted octanol–water partition coefficient (Wildman–Crippen LogP) is 3.73. The van der Waals surface area contributed by atoms with Crippen LogP contribution in [0.25, 0.3) is 10.9 Å². The molecule has 0 fully saturated rings. The fourth-order valence-corrected chi connectivity index (χ4v) is 3.18. The van der Waals surface area contributed by atoms with Crippen LogP contribution in [0.1, 0.15) is 16.8 Å². The van der Waals surface area contributed by atoms with E-state index in [1.165, 1.54) is 0 Å². The van der Waals surface area contributed by atoms with Crippen molar-refractivity contribution in [2.75, 3.05) is 17.3 Å². The van der Waals surface area contributed by atoms with Crippen molar-refractivity contribution in [1.29, 1.82) is 0 Å². The highest BCUT2D eigenvalue weighted by molar-refractivity contribution is 7.98. The van der Waals surface area contributed by atoms with E-state index in [1.807, 2.05) is 42.7 Å². The Morgan fingerprint density at radius 1 is 1.07 bits per heavy atom. The number of thioether (sulfide) groups is 1. The fraction of sp³-hybridized carbons (Fsp3) is 0.190. The van der Waals surface area contributed by atoms with Crippen molar-refractivity contribution in [3.63, 3.8) is 0 Å². The molecule has 0 saturated heterocycles. The van der Waals surface area contributed by atoms with Crippen LogP contribution in [0.2, 0.25) is 0 Å². The van der Waals surface area contributed by atoms with E-state index >= 15 is 0 Å². The highest BCUT2D eigenvalue weighted by Crippen LogP contribution is 2.16. The Bertz CT molecular complexity index is 931. The number of rotatable bonds is 7. The van der Waals surface area contributed by atoms with Gasteiger partial charge in [-0.3, -0.25) is 14.6 Å². The molecule has 3 aromatic rings. The number of amides is 2. The summed E-state index contributed by atoms with van der Waals surface area (Å²) in [6.45, 7) is 0. The van der Waals surface area contributed by atoms with E-state index in [-0.39, 0.29) is 11.8 Å². The average molecular weight is 379 g/mol. The molecule has 6 heteroatoms. The molecular formula is C21H21N3O2S. The van der Waals surface area contributed by atoms with Crippen LogP contribution in [-0.2, 0) is 4.79 Å². The van der Waals surface area contributed by atoms with Gasteiger partial charge in [-0.25, -0.2) is 0 Å². The first-order valence-corrected chi connectivity index (χ1v) is 10.1. The number of nitrogens with one attached hydrogen (secondary N) is 2. The highest BCUT2D eigenvalue weighted by atomic mass is 32.2. The molecule has 27 heavy (non-hydrogen) atoms. The van der Waals surface area contributed by atoms with Crippen LogP contribution in [-0.4, -0.2) is 34.8 Å². The quantitative estimate of drug-likeness (QED) is 0.656. The van der Waals surface area contributed by atoms with Gasteiger partial charge in [0, 0.05) is 10.9 Å². The lowest BCUT2D eigenvalue weighted by atomic mass is 10.1. The Labute approximate surface area is 162 Å². The molecule has 138 valence electrons. The Morgan fingerprint density at radius 3 is 2.59 bits per heavy atom. The summed E-state index contributed by atoms with van der Waals surface area (Å²) in [4.78, 5) is 29.6. The standard InChI is InChI=1S/C21H21N3O2S/c1-27-12-11-19(24-20(25)15-7-3-2-4-8-15)21(26)23-17-13-16-9-5-6-10-18(16)22-14-17/h2-10,13-14,19H,11-12H2,1H3,(H,23,26)(H,24,25)/t19-/m0/s1. The summed E-state index contributed by atoms with van der Waals surface area (Å²) >= 11 is 1.63. The normalized spacial score (nSPS) is 11.7. The maximum atomic E-state index is 12.8. The van der Waals surface area contributed by atoms with Crippen LogP contribution >= 0.6 is 11.8 Å². The molecule has 0 aliphatic rings. The van der Waals surface area contributed by atoms with E-state index < -0.39 is 6.04 Å². The van der Waals surface area contributed by atoms with Crippen LogP contribution in [0, 0.1) is 0 Å². The number of hydrogen-bond donors (Lipinski definition) is 2. The molecule has 0 radical (unpaired) electrons. The minimum absolute atomic E-state index is 0.245. The number of benzene rings is 2. The second-order valence-corrected chi connectivity index (χ2v) is 7.07.